The van der Waals surface area contributed by atoms with E-state index in [2.05, 4.69) is 6.92 Å². The van der Waals surface area contributed by atoms with Gasteiger partial charge in [0.2, 0.25) is 0 Å². The van der Waals surface area contributed by atoms with Crippen molar-refractivity contribution in [2.45, 2.75) is 96.8 Å². The molecule has 0 amide bonds. The van der Waals surface area contributed by atoms with Crippen molar-refractivity contribution in [2.75, 3.05) is 0 Å². The number of hydrogen-bond donors (Lipinski definition) is 2. The lowest BCUT2D eigenvalue weighted by Gasteiger charge is -2.04. The summed E-state index contributed by atoms with van der Waals surface area (Å²) >= 11 is 0. The molecule has 0 spiro atoms. The fourth-order valence-corrected chi connectivity index (χ4v) is 3.14. The third kappa shape index (κ3) is 10.2. The van der Waals surface area contributed by atoms with Crippen molar-refractivity contribution in [1.82, 2.24) is 0 Å². The Kier molecular flexibility index (Phi) is 11.8. The number of carbonyl (C=O) groups is 1. The molecule has 0 radical (unpaired) electrons. The predicted molar refractivity (Wildman–Crippen MR) is 104 cm³/mol. The Morgan fingerprint density at radius 2 is 1.20 bits per heavy atom. The lowest BCUT2D eigenvalue weighted by Crippen LogP contribution is -1.98. The van der Waals surface area contributed by atoms with E-state index in [4.69, 9.17) is 0 Å². The van der Waals surface area contributed by atoms with Gasteiger partial charge in [-0.05, 0) is 24.6 Å². The smallest absolute Gasteiger partial charge is 0.163 e. The van der Waals surface area contributed by atoms with Gasteiger partial charge in [0.15, 0.2) is 17.3 Å². The summed E-state index contributed by atoms with van der Waals surface area (Å²) < 4.78 is 0. The maximum Gasteiger partial charge on any atom is 0.163 e. The minimum atomic E-state index is -0.226. The van der Waals surface area contributed by atoms with Crippen LogP contribution in [0.1, 0.15) is 107 Å². The fourth-order valence-electron chi connectivity index (χ4n) is 3.14. The molecule has 2 N–H and O–H groups in total. The van der Waals surface area contributed by atoms with Crippen LogP contribution in [0.3, 0.4) is 0 Å². The molecule has 0 fully saturated rings. The third-order valence-corrected chi connectivity index (χ3v) is 4.80. The van der Waals surface area contributed by atoms with E-state index in [-0.39, 0.29) is 17.3 Å². The standard InChI is InChI=1S/C22H36O3/c1-2-3-4-5-6-7-8-9-10-11-12-13-14-15-20(23)19-16-17-21(24)22(25)18-19/h16-18,24-25H,2-15H2,1H3. The SMILES string of the molecule is CCCCCCCCCCCCCCCC(=O)c1ccc(O)c(O)c1. The average Bonchev–Trinajstić information content (AvgIpc) is 2.61. The molecular weight excluding hydrogens is 312 g/mol. The van der Waals surface area contributed by atoms with E-state index >= 15 is 0 Å². The number of ketones is 1. The van der Waals surface area contributed by atoms with E-state index in [0.29, 0.717) is 12.0 Å². The number of hydrogen-bond acceptors (Lipinski definition) is 3. The highest BCUT2D eigenvalue weighted by Crippen LogP contribution is 2.25. The first kappa shape index (κ1) is 21.5. The van der Waals surface area contributed by atoms with Crippen LogP contribution in [0.2, 0.25) is 0 Å². The number of rotatable bonds is 15. The van der Waals surface area contributed by atoms with Crippen LogP contribution in [0.15, 0.2) is 18.2 Å². The number of phenols is 2. The number of aromatic hydroxyl groups is 2. The monoisotopic (exact) mass is 348 g/mol. The van der Waals surface area contributed by atoms with Crippen LogP contribution in [0.25, 0.3) is 0 Å². The Bertz CT molecular complexity index is 482. The van der Waals surface area contributed by atoms with Gasteiger partial charge in [0, 0.05) is 12.0 Å². The molecule has 142 valence electrons. The van der Waals surface area contributed by atoms with E-state index in [1.165, 1.54) is 82.8 Å². The zero-order valence-electron chi connectivity index (χ0n) is 15.9. The van der Waals surface area contributed by atoms with Crippen molar-refractivity contribution in [3.63, 3.8) is 0 Å². The zero-order chi connectivity index (χ0) is 18.3. The number of Topliss-reactive ketones (excluding diaryl/α,β-unsaturated/α-hetero) is 1. The van der Waals surface area contributed by atoms with Crippen molar-refractivity contribution in [1.29, 1.82) is 0 Å². The molecule has 1 rings (SSSR count). The third-order valence-electron chi connectivity index (χ3n) is 4.80. The Morgan fingerprint density at radius 1 is 0.720 bits per heavy atom. The largest absolute Gasteiger partial charge is 0.504 e. The van der Waals surface area contributed by atoms with E-state index in [9.17, 15) is 15.0 Å². The Morgan fingerprint density at radius 3 is 1.68 bits per heavy atom. The first-order chi connectivity index (χ1) is 12.1. The second kappa shape index (κ2) is 13.7. The van der Waals surface area contributed by atoms with Crippen molar-refractivity contribution < 1.29 is 15.0 Å². The molecule has 3 nitrogen and oxygen atoms in total. The lowest BCUT2D eigenvalue weighted by molar-refractivity contribution is 0.0978. The zero-order valence-corrected chi connectivity index (χ0v) is 15.9. The van der Waals surface area contributed by atoms with Gasteiger partial charge in [0.25, 0.3) is 0 Å². The van der Waals surface area contributed by atoms with Crippen LogP contribution in [-0.2, 0) is 0 Å². The molecular formula is C22H36O3. The Labute approximate surface area is 153 Å². The molecule has 1 aromatic carbocycles. The number of phenolic OH excluding ortho intramolecular Hbond substituents is 2. The maximum atomic E-state index is 12.0. The number of benzene rings is 1. The molecule has 3 heteroatoms. The van der Waals surface area contributed by atoms with Crippen molar-refractivity contribution >= 4 is 5.78 Å². The topological polar surface area (TPSA) is 57.5 Å². The quantitative estimate of drug-likeness (QED) is 0.209. The molecule has 0 aliphatic carbocycles. The number of unbranched alkanes of at least 4 members (excludes halogenated alkanes) is 12. The highest BCUT2D eigenvalue weighted by Gasteiger charge is 2.08. The minimum Gasteiger partial charge on any atom is -0.504 e. The van der Waals surface area contributed by atoms with Crippen LogP contribution in [0.4, 0.5) is 0 Å². The van der Waals surface area contributed by atoms with Crippen LogP contribution in [-0.4, -0.2) is 16.0 Å². The summed E-state index contributed by atoms with van der Waals surface area (Å²) in [5, 5.41) is 18.7. The van der Waals surface area contributed by atoms with Crippen molar-refractivity contribution in [3.8, 4) is 11.5 Å². The second-order valence-electron chi connectivity index (χ2n) is 7.12. The van der Waals surface area contributed by atoms with Crippen molar-refractivity contribution in [2.24, 2.45) is 0 Å². The highest BCUT2D eigenvalue weighted by molar-refractivity contribution is 5.96. The van der Waals surface area contributed by atoms with E-state index in [1.807, 2.05) is 0 Å². The van der Waals surface area contributed by atoms with Gasteiger partial charge in [0.1, 0.15) is 0 Å². The maximum absolute atomic E-state index is 12.0. The van der Waals surface area contributed by atoms with Crippen LogP contribution >= 0.6 is 0 Å². The van der Waals surface area contributed by atoms with Gasteiger partial charge in [-0.2, -0.15) is 0 Å². The first-order valence-corrected chi connectivity index (χ1v) is 10.2. The van der Waals surface area contributed by atoms with Gasteiger partial charge in [0.05, 0.1) is 0 Å². The lowest BCUT2D eigenvalue weighted by atomic mass is 10.0. The van der Waals surface area contributed by atoms with Crippen LogP contribution < -0.4 is 0 Å². The Balaban J connectivity index is 1.93. The van der Waals surface area contributed by atoms with Gasteiger partial charge < -0.3 is 10.2 Å². The van der Waals surface area contributed by atoms with Gasteiger partial charge in [-0.1, -0.05) is 84.0 Å². The molecule has 0 saturated heterocycles. The average molecular weight is 349 g/mol. The predicted octanol–water partition coefficient (Wildman–Crippen LogP) is 6.76. The normalized spacial score (nSPS) is 10.9. The van der Waals surface area contributed by atoms with E-state index in [0.717, 1.165) is 12.8 Å². The molecule has 0 unspecified atom stereocenters. The summed E-state index contributed by atoms with van der Waals surface area (Å²) in [5.41, 5.74) is 0.481. The van der Waals surface area contributed by atoms with Gasteiger partial charge in [-0.3, -0.25) is 4.79 Å². The van der Waals surface area contributed by atoms with E-state index in [1.54, 1.807) is 6.07 Å². The molecule has 0 aromatic heterocycles. The molecule has 1 aromatic rings. The van der Waals surface area contributed by atoms with Gasteiger partial charge in [-0.25, -0.2) is 0 Å². The first-order valence-electron chi connectivity index (χ1n) is 10.2. The van der Waals surface area contributed by atoms with Crippen LogP contribution in [0.5, 0.6) is 11.5 Å². The van der Waals surface area contributed by atoms with Gasteiger partial charge >= 0.3 is 0 Å². The molecule has 0 atom stereocenters. The minimum absolute atomic E-state index is 0.0402. The molecule has 25 heavy (non-hydrogen) atoms. The van der Waals surface area contributed by atoms with Gasteiger partial charge in [-0.15, -0.1) is 0 Å². The molecule has 0 aliphatic rings. The molecule has 0 saturated carbocycles. The molecule has 0 heterocycles. The second-order valence-corrected chi connectivity index (χ2v) is 7.12. The fraction of sp³-hybridized carbons (Fsp3) is 0.682. The summed E-state index contributed by atoms with van der Waals surface area (Å²) in [6.45, 7) is 2.26. The molecule has 0 bridgehead atoms. The highest BCUT2D eigenvalue weighted by atomic mass is 16.3. The van der Waals surface area contributed by atoms with E-state index < -0.39 is 0 Å². The van der Waals surface area contributed by atoms with Crippen LogP contribution in [0, 0.1) is 0 Å². The Hall–Kier alpha value is -1.51. The number of carbonyl (C=O) groups excluding carboxylic acids is 1. The molecule has 0 aliphatic heterocycles. The van der Waals surface area contributed by atoms with Crippen molar-refractivity contribution in [3.05, 3.63) is 23.8 Å². The summed E-state index contributed by atoms with van der Waals surface area (Å²) in [4.78, 5) is 12.0. The summed E-state index contributed by atoms with van der Waals surface area (Å²) in [6.07, 6.45) is 17.3. The summed E-state index contributed by atoms with van der Waals surface area (Å²) in [6, 6.07) is 4.28. The summed E-state index contributed by atoms with van der Waals surface area (Å²) in [5.74, 6) is -0.368. The summed E-state index contributed by atoms with van der Waals surface area (Å²) in [7, 11) is 0.